The highest BCUT2D eigenvalue weighted by Gasteiger charge is 2.29. The number of carboxylic acid groups (broad SMARTS) is 1. The molecule has 0 saturated heterocycles. The van der Waals surface area contributed by atoms with Gasteiger partial charge in [-0.3, -0.25) is 9.59 Å². The molecule has 1 aliphatic carbocycles. The number of aliphatic carboxylic acids is 1. The SMILES string of the molecule is CC[C@H](CC(=O)NCC(CC(=O)O)C(C)C)NC(=O)OCC1c2ccccc2-c2ccccc21. The average molecular weight is 467 g/mol. The van der Waals surface area contributed by atoms with Gasteiger partial charge in [0.2, 0.25) is 5.91 Å². The molecule has 7 heteroatoms. The van der Waals surface area contributed by atoms with Gasteiger partial charge in [-0.2, -0.15) is 0 Å². The van der Waals surface area contributed by atoms with Gasteiger partial charge in [-0.15, -0.1) is 0 Å². The van der Waals surface area contributed by atoms with Crippen molar-refractivity contribution in [2.24, 2.45) is 11.8 Å². The number of carbonyl (C=O) groups is 3. The van der Waals surface area contributed by atoms with Gasteiger partial charge in [-0.25, -0.2) is 4.79 Å². The number of ether oxygens (including phenoxy) is 1. The minimum atomic E-state index is -0.878. The van der Waals surface area contributed by atoms with Crippen molar-refractivity contribution in [2.45, 2.75) is 52.0 Å². The summed E-state index contributed by atoms with van der Waals surface area (Å²) in [5, 5.41) is 14.7. The predicted molar refractivity (Wildman–Crippen MR) is 130 cm³/mol. The fourth-order valence-electron chi connectivity index (χ4n) is 4.41. The lowest BCUT2D eigenvalue weighted by Gasteiger charge is -2.21. The molecule has 0 fully saturated rings. The molecular weight excluding hydrogens is 432 g/mol. The van der Waals surface area contributed by atoms with E-state index in [2.05, 4.69) is 34.9 Å². The third-order valence-corrected chi connectivity index (χ3v) is 6.53. The maximum Gasteiger partial charge on any atom is 0.407 e. The van der Waals surface area contributed by atoms with E-state index in [1.165, 1.54) is 0 Å². The summed E-state index contributed by atoms with van der Waals surface area (Å²) in [4.78, 5) is 35.9. The standard InChI is InChI=1S/C27H34N2O5/c1-4-19(14-25(30)28-15-18(17(2)3)13-26(31)32)29-27(33)34-16-24-22-11-7-5-9-20(22)21-10-6-8-12-23(21)24/h5-12,17-19,24H,4,13-16H2,1-3H3,(H,28,30)(H,29,33)(H,31,32)/t18?,19-/m1/s1. The number of carbonyl (C=O) groups excluding carboxylic acids is 2. The fraction of sp³-hybridized carbons (Fsp3) is 0.444. The molecule has 2 aromatic rings. The molecule has 0 heterocycles. The number of rotatable bonds is 11. The Kier molecular flexibility index (Phi) is 8.68. The van der Waals surface area contributed by atoms with Crippen LogP contribution in [-0.2, 0) is 14.3 Å². The zero-order valence-electron chi connectivity index (χ0n) is 20.0. The average Bonchev–Trinajstić information content (AvgIpc) is 3.13. The lowest BCUT2D eigenvalue weighted by atomic mass is 9.92. The summed E-state index contributed by atoms with van der Waals surface area (Å²) < 4.78 is 5.58. The molecule has 1 aliphatic rings. The normalized spacial score (nSPS) is 14.1. The maximum atomic E-state index is 12.5. The van der Waals surface area contributed by atoms with E-state index in [0.29, 0.717) is 13.0 Å². The van der Waals surface area contributed by atoms with E-state index in [9.17, 15) is 14.4 Å². The summed E-state index contributed by atoms with van der Waals surface area (Å²) >= 11 is 0. The summed E-state index contributed by atoms with van der Waals surface area (Å²) in [5.74, 6) is -1.13. The number of amides is 2. The van der Waals surface area contributed by atoms with E-state index in [-0.39, 0.29) is 49.2 Å². The third-order valence-electron chi connectivity index (χ3n) is 6.53. The van der Waals surface area contributed by atoms with Crippen LogP contribution >= 0.6 is 0 Å². The lowest BCUT2D eigenvalue weighted by molar-refractivity contribution is -0.138. The second kappa shape index (κ2) is 11.7. The summed E-state index contributed by atoms with van der Waals surface area (Å²) in [6.45, 7) is 6.28. The number of carboxylic acids is 1. The molecule has 182 valence electrons. The van der Waals surface area contributed by atoms with Gasteiger partial charge in [0.1, 0.15) is 6.61 Å². The van der Waals surface area contributed by atoms with E-state index in [1.807, 2.05) is 45.0 Å². The summed E-state index contributed by atoms with van der Waals surface area (Å²) in [7, 11) is 0. The van der Waals surface area contributed by atoms with Crippen LogP contribution in [0, 0.1) is 11.8 Å². The number of alkyl carbamates (subject to hydrolysis) is 1. The Labute approximate surface area is 200 Å². The number of nitrogens with one attached hydrogen (secondary N) is 2. The van der Waals surface area contributed by atoms with E-state index < -0.39 is 12.1 Å². The highest BCUT2D eigenvalue weighted by atomic mass is 16.5. The van der Waals surface area contributed by atoms with Crippen molar-refractivity contribution in [1.82, 2.24) is 10.6 Å². The Hall–Kier alpha value is -3.35. The molecule has 2 atom stereocenters. The molecule has 34 heavy (non-hydrogen) atoms. The molecule has 1 unspecified atom stereocenters. The summed E-state index contributed by atoms with van der Waals surface area (Å²) in [6, 6.07) is 15.9. The van der Waals surface area contributed by atoms with E-state index >= 15 is 0 Å². The van der Waals surface area contributed by atoms with Crippen LogP contribution in [0.1, 0.15) is 57.1 Å². The van der Waals surface area contributed by atoms with Crippen molar-refractivity contribution in [1.29, 1.82) is 0 Å². The first-order chi connectivity index (χ1) is 16.3. The van der Waals surface area contributed by atoms with Crippen molar-refractivity contribution < 1.29 is 24.2 Å². The molecule has 0 saturated carbocycles. The summed E-state index contributed by atoms with van der Waals surface area (Å²) in [5.41, 5.74) is 4.61. The number of fused-ring (bicyclic) bond motifs is 3. The Morgan fingerprint density at radius 2 is 1.56 bits per heavy atom. The Bertz CT molecular complexity index is 974. The molecule has 3 N–H and O–H groups in total. The van der Waals surface area contributed by atoms with Gasteiger partial charge in [0.25, 0.3) is 0 Å². The Morgan fingerprint density at radius 1 is 0.971 bits per heavy atom. The highest BCUT2D eigenvalue weighted by molar-refractivity contribution is 5.79. The molecule has 2 amide bonds. The van der Waals surface area contributed by atoms with Crippen molar-refractivity contribution >= 4 is 18.0 Å². The Morgan fingerprint density at radius 3 is 2.09 bits per heavy atom. The predicted octanol–water partition coefficient (Wildman–Crippen LogP) is 4.56. The molecule has 0 aromatic heterocycles. The second-order valence-electron chi connectivity index (χ2n) is 9.19. The molecule has 7 nitrogen and oxygen atoms in total. The molecule has 0 radical (unpaired) electrons. The zero-order valence-corrected chi connectivity index (χ0v) is 20.0. The van der Waals surface area contributed by atoms with Gasteiger partial charge in [-0.1, -0.05) is 69.3 Å². The molecule has 0 aliphatic heterocycles. The minimum Gasteiger partial charge on any atom is -0.481 e. The van der Waals surface area contributed by atoms with E-state index in [1.54, 1.807) is 0 Å². The molecule has 2 aromatic carbocycles. The quantitative estimate of drug-likeness (QED) is 0.450. The smallest absolute Gasteiger partial charge is 0.407 e. The van der Waals surface area contributed by atoms with Crippen LogP contribution in [-0.4, -0.2) is 42.3 Å². The first-order valence-electron chi connectivity index (χ1n) is 11.9. The van der Waals surface area contributed by atoms with Crippen LogP contribution in [0.25, 0.3) is 11.1 Å². The van der Waals surface area contributed by atoms with Crippen LogP contribution in [0.2, 0.25) is 0 Å². The van der Waals surface area contributed by atoms with Gasteiger partial charge < -0.3 is 20.5 Å². The lowest BCUT2D eigenvalue weighted by Crippen LogP contribution is -2.41. The maximum absolute atomic E-state index is 12.5. The fourth-order valence-corrected chi connectivity index (χ4v) is 4.41. The Balaban J connectivity index is 1.51. The number of hydrogen-bond acceptors (Lipinski definition) is 4. The highest BCUT2D eigenvalue weighted by Crippen LogP contribution is 2.44. The van der Waals surface area contributed by atoms with Gasteiger partial charge in [0, 0.05) is 24.9 Å². The van der Waals surface area contributed by atoms with Crippen LogP contribution in [0.4, 0.5) is 4.79 Å². The zero-order chi connectivity index (χ0) is 24.7. The van der Waals surface area contributed by atoms with Crippen LogP contribution < -0.4 is 10.6 Å². The van der Waals surface area contributed by atoms with Gasteiger partial charge in [0.15, 0.2) is 0 Å². The van der Waals surface area contributed by atoms with Crippen LogP contribution in [0.15, 0.2) is 48.5 Å². The minimum absolute atomic E-state index is 0.00710. The molecular formula is C27H34N2O5. The summed E-state index contributed by atoms with van der Waals surface area (Å²) in [6.07, 6.45) is 0.138. The van der Waals surface area contributed by atoms with Crippen LogP contribution in [0.3, 0.4) is 0 Å². The first-order valence-corrected chi connectivity index (χ1v) is 11.9. The van der Waals surface area contributed by atoms with Crippen molar-refractivity contribution in [3.05, 3.63) is 59.7 Å². The number of hydrogen-bond donors (Lipinski definition) is 3. The van der Waals surface area contributed by atoms with Gasteiger partial charge >= 0.3 is 12.1 Å². The van der Waals surface area contributed by atoms with Gasteiger partial charge in [0.05, 0.1) is 6.42 Å². The topological polar surface area (TPSA) is 105 Å². The molecule has 0 spiro atoms. The van der Waals surface area contributed by atoms with Gasteiger partial charge in [-0.05, 0) is 40.5 Å². The van der Waals surface area contributed by atoms with Crippen molar-refractivity contribution in [2.75, 3.05) is 13.2 Å². The first kappa shape index (κ1) is 25.3. The number of benzene rings is 2. The van der Waals surface area contributed by atoms with Crippen LogP contribution in [0.5, 0.6) is 0 Å². The monoisotopic (exact) mass is 466 g/mol. The van der Waals surface area contributed by atoms with Crippen molar-refractivity contribution in [3.8, 4) is 11.1 Å². The molecule has 3 rings (SSSR count). The molecule has 0 bridgehead atoms. The second-order valence-corrected chi connectivity index (χ2v) is 9.19. The van der Waals surface area contributed by atoms with E-state index in [0.717, 1.165) is 22.3 Å². The largest absolute Gasteiger partial charge is 0.481 e. The van der Waals surface area contributed by atoms with Crippen molar-refractivity contribution in [3.63, 3.8) is 0 Å². The van der Waals surface area contributed by atoms with E-state index in [4.69, 9.17) is 9.84 Å². The third kappa shape index (κ3) is 6.37.